The first-order valence-electron chi connectivity index (χ1n) is 6.85. The zero-order chi connectivity index (χ0) is 14.3. The monoisotopic (exact) mass is 274 g/mol. The van der Waals surface area contributed by atoms with E-state index in [4.69, 9.17) is 9.47 Å². The fraction of sp³-hybridized carbons (Fsp3) is 0.923. The number of hydrogen-bond donors (Lipinski definition) is 2. The first-order chi connectivity index (χ1) is 9.08. The number of amides is 1. The smallest absolute Gasteiger partial charge is 0.237 e. The van der Waals surface area contributed by atoms with Crippen LogP contribution in [0, 0.1) is 0 Å². The molecular weight excluding hydrogens is 248 g/mol. The van der Waals surface area contributed by atoms with Crippen molar-refractivity contribution < 1.29 is 19.4 Å². The van der Waals surface area contributed by atoms with Crippen LogP contribution >= 0.6 is 0 Å². The average Bonchev–Trinajstić information content (AvgIpc) is 2.41. The molecule has 6 nitrogen and oxygen atoms in total. The normalized spacial score (nSPS) is 26.1. The number of morpholine rings is 1. The molecule has 1 rings (SSSR count). The van der Waals surface area contributed by atoms with Gasteiger partial charge in [-0.15, -0.1) is 0 Å². The summed E-state index contributed by atoms with van der Waals surface area (Å²) in [6.07, 6.45) is 0.649. The molecule has 0 radical (unpaired) electrons. The molecule has 3 unspecified atom stereocenters. The highest BCUT2D eigenvalue weighted by Crippen LogP contribution is 2.13. The van der Waals surface area contributed by atoms with Crippen molar-refractivity contribution in [1.82, 2.24) is 10.2 Å². The number of hydrogen-bond acceptors (Lipinski definition) is 5. The molecule has 2 N–H and O–H groups in total. The lowest BCUT2D eigenvalue weighted by Gasteiger charge is -2.38. The minimum absolute atomic E-state index is 0.0109. The second kappa shape index (κ2) is 8.47. The van der Waals surface area contributed by atoms with E-state index in [0.29, 0.717) is 26.2 Å². The number of aliphatic hydroxyl groups excluding tert-OH is 1. The summed E-state index contributed by atoms with van der Waals surface area (Å²) in [5.74, 6) is 0.0156. The molecule has 112 valence electrons. The molecule has 6 heteroatoms. The maximum Gasteiger partial charge on any atom is 0.237 e. The Labute approximate surface area is 115 Å². The third-order valence-electron chi connectivity index (χ3n) is 3.31. The second-order valence-corrected chi connectivity index (χ2v) is 5.02. The van der Waals surface area contributed by atoms with E-state index in [1.54, 1.807) is 7.11 Å². The molecule has 3 atom stereocenters. The van der Waals surface area contributed by atoms with Gasteiger partial charge in [-0.25, -0.2) is 0 Å². The minimum atomic E-state index is -0.206. The van der Waals surface area contributed by atoms with Gasteiger partial charge in [-0.1, -0.05) is 0 Å². The Kier molecular flexibility index (Phi) is 7.30. The molecule has 0 aliphatic carbocycles. The molecule has 0 aromatic heterocycles. The number of nitrogens with zero attached hydrogens (tertiary/aromatic N) is 1. The average molecular weight is 274 g/mol. The summed E-state index contributed by atoms with van der Waals surface area (Å²) in [4.78, 5) is 14.1. The third-order valence-corrected chi connectivity index (χ3v) is 3.31. The highest BCUT2D eigenvalue weighted by atomic mass is 16.5. The van der Waals surface area contributed by atoms with Crippen molar-refractivity contribution in [2.45, 2.75) is 38.5 Å². The van der Waals surface area contributed by atoms with Crippen LogP contribution in [0.1, 0.15) is 20.3 Å². The van der Waals surface area contributed by atoms with Crippen molar-refractivity contribution in [2.75, 3.05) is 40.0 Å². The van der Waals surface area contributed by atoms with Crippen molar-refractivity contribution in [3.8, 4) is 0 Å². The van der Waals surface area contributed by atoms with E-state index >= 15 is 0 Å². The van der Waals surface area contributed by atoms with Crippen LogP contribution in [-0.4, -0.2) is 74.1 Å². The fourth-order valence-electron chi connectivity index (χ4n) is 2.24. The summed E-state index contributed by atoms with van der Waals surface area (Å²) < 4.78 is 10.5. The first-order valence-corrected chi connectivity index (χ1v) is 6.85. The lowest BCUT2D eigenvalue weighted by atomic mass is 10.1. The lowest BCUT2D eigenvalue weighted by Crippen LogP contribution is -2.55. The zero-order valence-corrected chi connectivity index (χ0v) is 12.1. The topological polar surface area (TPSA) is 71.0 Å². The van der Waals surface area contributed by atoms with Gasteiger partial charge in [-0.05, 0) is 20.3 Å². The van der Waals surface area contributed by atoms with Crippen molar-refractivity contribution in [3.05, 3.63) is 0 Å². The Hall–Kier alpha value is -0.690. The first kappa shape index (κ1) is 16.4. The van der Waals surface area contributed by atoms with Gasteiger partial charge in [0.05, 0.1) is 24.9 Å². The van der Waals surface area contributed by atoms with Crippen molar-refractivity contribution >= 4 is 5.91 Å². The number of ether oxygens (including phenoxy) is 2. The predicted octanol–water partition coefficient (Wildman–Crippen LogP) is -0.391. The van der Waals surface area contributed by atoms with Gasteiger partial charge in [-0.3, -0.25) is 9.69 Å². The van der Waals surface area contributed by atoms with Gasteiger partial charge in [0.25, 0.3) is 0 Å². The Balaban J connectivity index is 2.37. The highest BCUT2D eigenvalue weighted by Gasteiger charge is 2.30. The molecule has 1 amide bonds. The second-order valence-electron chi connectivity index (χ2n) is 5.02. The van der Waals surface area contributed by atoms with E-state index in [-0.39, 0.29) is 30.8 Å². The summed E-state index contributed by atoms with van der Waals surface area (Å²) >= 11 is 0. The van der Waals surface area contributed by atoms with Crippen molar-refractivity contribution in [3.63, 3.8) is 0 Å². The summed E-state index contributed by atoms with van der Waals surface area (Å²) in [6, 6.07) is -0.206. The summed E-state index contributed by atoms with van der Waals surface area (Å²) in [5.41, 5.74) is 0. The SMILES string of the molecule is COCCCNC(=O)C(C)N1CC(C)OC(CO)C1. The molecule has 0 bridgehead atoms. The largest absolute Gasteiger partial charge is 0.394 e. The quantitative estimate of drug-likeness (QED) is 0.619. The van der Waals surface area contributed by atoms with Crippen LogP contribution in [0.3, 0.4) is 0 Å². The van der Waals surface area contributed by atoms with Crippen LogP contribution in [0.15, 0.2) is 0 Å². The summed E-state index contributed by atoms with van der Waals surface area (Å²) in [6.45, 7) is 6.41. The van der Waals surface area contributed by atoms with E-state index in [1.807, 2.05) is 13.8 Å². The van der Waals surface area contributed by atoms with Crippen LogP contribution in [0.25, 0.3) is 0 Å². The van der Waals surface area contributed by atoms with Crippen LogP contribution < -0.4 is 5.32 Å². The molecule has 1 saturated heterocycles. The number of rotatable bonds is 7. The minimum Gasteiger partial charge on any atom is -0.394 e. The Morgan fingerprint density at radius 1 is 1.58 bits per heavy atom. The van der Waals surface area contributed by atoms with Gasteiger partial charge in [0.15, 0.2) is 0 Å². The number of carbonyl (C=O) groups excluding carboxylic acids is 1. The predicted molar refractivity (Wildman–Crippen MR) is 72.0 cm³/mol. The van der Waals surface area contributed by atoms with Gasteiger partial charge in [-0.2, -0.15) is 0 Å². The van der Waals surface area contributed by atoms with E-state index in [1.165, 1.54) is 0 Å². The summed E-state index contributed by atoms with van der Waals surface area (Å²) in [5, 5.41) is 12.1. The van der Waals surface area contributed by atoms with Crippen molar-refractivity contribution in [2.24, 2.45) is 0 Å². The molecule has 1 aliphatic heterocycles. The maximum absolute atomic E-state index is 12.0. The zero-order valence-electron chi connectivity index (χ0n) is 12.1. The Morgan fingerprint density at radius 3 is 2.95 bits per heavy atom. The molecule has 0 spiro atoms. The van der Waals surface area contributed by atoms with Crippen LogP contribution in [0.2, 0.25) is 0 Å². The van der Waals surface area contributed by atoms with E-state index in [2.05, 4.69) is 10.2 Å². The molecule has 1 aliphatic rings. The van der Waals surface area contributed by atoms with Gasteiger partial charge in [0.1, 0.15) is 0 Å². The van der Waals surface area contributed by atoms with Crippen LogP contribution in [0.4, 0.5) is 0 Å². The Morgan fingerprint density at radius 2 is 2.32 bits per heavy atom. The molecule has 1 heterocycles. The molecular formula is C13H26N2O4. The fourth-order valence-corrected chi connectivity index (χ4v) is 2.24. The number of carbonyl (C=O) groups is 1. The summed E-state index contributed by atoms with van der Waals surface area (Å²) in [7, 11) is 1.65. The number of methoxy groups -OCH3 is 1. The van der Waals surface area contributed by atoms with E-state index in [0.717, 1.165) is 6.42 Å². The van der Waals surface area contributed by atoms with Gasteiger partial charge >= 0.3 is 0 Å². The lowest BCUT2D eigenvalue weighted by molar-refractivity contribution is -0.135. The van der Waals surface area contributed by atoms with Gasteiger partial charge < -0.3 is 19.9 Å². The van der Waals surface area contributed by atoms with Gasteiger partial charge in [0, 0.05) is 33.4 Å². The molecule has 19 heavy (non-hydrogen) atoms. The van der Waals surface area contributed by atoms with E-state index < -0.39 is 0 Å². The van der Waals surface area contributed by atoms with E-state index in [9.17, 15) is 9.90 Å². The van der Waals surface area contributed by atoms with Gasteiger partial charge in [0.2, 0.25) is 5.91 Å². The van der Waals surface area contributed by atoms with Crippen LogP contribution in [-0.2, 0) is 14.3 Å². The number of nitrogens with one attached hydrogen (secondary N) is 1. The maximum atomic E-state index is 12.0. The van der Waals surface area contributed by atoms with Crippen LogP contribution in [0.5, 0.6) is 0 Å². The Bertz CT molecular complexity index is 275. The molecule has 1 fully saturated rings. The third kappa shape index (κ3) is 5.44. The van der Waals surface area contributed by atoms with Crippen molar-refractivity contribution in [1.29, 1.82) is 0 Å². The molecule has 0 aromatic rings. The molecule has 0 aromatic carbocycles. The standard InChI is InChI=1S/C13H26N2O4/c1-10-7-15(8-12(9-16)19-10)11(2)13(17)14-5-4-6-18-3/h10-12,16H,4-9H2,1-3H3,(H,14,17). The number of aliphatic hydroxyl groups is 1. The highest BCUT2D eigenvalue weighted by molar-refractivity contribution is 5.81. The molecule has 0 saturated carbocycles.